The molecule has 0 saturated carbocycles. The molecule has 1 aromatic carbocycles. The highest BCUT2D eigenvalue weighted by molar-refractivity contribution is 5.79. The summed E-state index contributed by atoms with van der Waals surface area (Å²) in [6.07, 6.45) is 4.57. The van der Waals surface area contributed by atoms with Gasteiger partial charge in [-0.1, -0.05) is 6.07 Å². The third kappa shape index (κ3) is 5.19. The smallest absolute Gasteiger partial charge is 0.191 e. The topological polar surface area (TPSA) is 72.7 Å². The lowest BCUT2D eigenvalue weighted by atomic mass is 10.1. The molecule has 0 amide bonds. The maximum atomic E-state index is 5.32. The lowest BCUT2D eigenvalue weighted by molar-refractivity contribution is 0.354. The van der Waals surface area contributed by atoms with E-state index in [1.54, 1.807) is 27.5 Å². The molecule has 2 rings (SSSR count). The van der Waals surface area contributed by atoms with Gasteiger partial charge in [0.2, 0.25) is 0 Å². The van der Waals surface area contributed by atoms with Gasteiger partial charge < -0.3 is 20.1 Å². The number of guanidine groups is 1. The van der Waals surface area contributed by atoms with Crippen molar-refractivity contribution in [2.45, 2.75) is 13.0 Å². The van der Waals surface area contributed by atoms with Gasteiger partial charge in [-0.3, -0.25) is 9.67 Å². The van der Waals surface area contributed by atoms with Crippen LogP contribution in [0.5, 0.6) is 11.5 Å². The number of ether oxygens (including phenoxy) is 2. The molecule has 24 heavy (non-hydrogen) atoms. The van der Waals surface area contributed by atoms with E-state index >= 15 is 0 Å². The molecule has 0 aliphatic heterocycles. The van der Waals surface area contributed by atoms with Gasteiger partial charge in [0.1, 0.15) is 0 Å². The molecule has 0 bridgehead atoms. The van der Waals surface area contributed by atoms with Crippen LogP contribution in [0.15, 0.2) is 41.7 Å². The van der Waals surface area contributed by atoms with Crippen LogP contribution in [0.3, 0.4) is 0 Å². The summed E-state index contributed by atoms with van der Waals surface area (Å²) in [5, 5.41) is 10.7. The summed E-state index contributed by atoms with van der Waals surface area (Å²) in [5.41, 5.74) is 1.17. The number of benzene rings is 1. The zero-order chi connectivity index (χ0) is 17.2. The van der Waals surface area contributed by atoms with Gasteiger partial charge in [0.05, 0.1) is 20.8 Å². The van der Waals surface area contributed by atoms with E-state index in [1.807, 2.05) is 35.1 Å². The molecule has 1 aromatic heterocycles. The summed E-state index contributed by atoms with van der Waals surface area (Å²) in [6.45, 7) is 2.33. The second-order valence-corrected chi connectivity index (χ2v) is 5.13. The van der Waals surface area contributed by atoms with Crippen LogP contribution in [0.25, 0.3) is 0 Å². The van der Waals surface area contributed by atoms with Crippen molar-refractivity contribution in [1.29, 1.82) is 0 Å². The fourth-order valence-electron chi connectivity index (χ4n) is 2.30. The van der Waals surface area contributed by atoms with E-state index in [0.29, 0.717) is 0 Å². The first-order valence-electron chi connectivity index (χ1n) is 7.89. The number of nitrogens with one attached hydrogen (secondary N) is 2. The number of hydrogen-bond acceptors (Lipinski definition) is 4. The Hall–Kier alpha value is -2.70. The van der Waals surface area contributed by atoms with E-state index in [-0.39, 0.29) is 0 Å². The van der Waals surface area contributed by atoms with Crippen molar-refractivity contribution < 1.29 is 9.47 Å². The first-order valence-corrected chi connectivity index (χ1v) is 7.89. The first kappa shape index (κ1) is 17.7. The van der Waals surface area contributed by atoms with Crippen molar-refractivity contribution in [2.75, 3.05) is 34.4 Å². The summed E-state index contributed by atoms with van der Waals surface area (Å²) in [5.74, 6) is 2.27. The van der Waals surface area contributed by atoms with Gasteiger partial charge >= 0.3 is 0 Å². The minimum atomic E-state index is 0.741. The minimum absolute atomic E-state index is 0.741. The van der Waals surface area contributed by atoms with Crippen LogP contribution in [0.2, 0.25) is 0 Å². The molecule has 130 valence electrons. The van der Waals surface area contributed by atoms with E-state index < -0.39 is 0 Å². The van der Waals surface area contributed by atoms with Gasteiger partial charge in [0.15, 0.2) is 17.5 Å². The third-order valence-electron chi connectivity index (χ3n) is 3.57. The minimum Gasteiger partial charge on any atom is -0.493 e. The van der Waals surface area contributed by atoms with Crippen LogP contribution in [0.4, 0.5) is 0 Å². The number of aromatic nitrogens is 2. The van der Waals surface area contributed by atoms with Crippen molar-refractivity contribution in [2.24, 2.45) is 4.99 Å². The summed E-state index contributed by atoms with van der Waals surface area (Å²) in [4.78, 5) is 4.22. The van der Waals surface area contributed by atoms with E-state index in [0.717, 1.165) is 43.5 Å². The molecule has 0 unspecified atom stereocenters. The maximum Gasteiger partial charge on any atom is 0.191 e. The Morgan fingerprint density at radius 3 is 2.62 bits per heavy atom. The Balaban J connectivity index is 1.75. The van der Waals surface area contributed by atoms with E-state index in [2.05, 4.69) is 20.7 Å². The molecule has 0 spiro atoms. The largest absolute Gasteiger partial charge is 0.493 e. The van der Waals surface area contributed by atoms with Gasteiger partial charge in [-0.25, -0.2) is 0 Å². The summed E-state index contributed by atoms with van der Waals surface area (Å²) in [7, 11) is 5.04. The molecular weight excluding hydrogens is 306 g/mol. The third-order valence-corrected chi connectivity index (χ3v) is 3.57. The van der Waals surface area contributed by atoms with E-state index in [9.17, 15) is 0 Å². The molecule has 1 heterocycles. The molecule has 2 N–H and O–H groups in total. The van der Waals surface area contributed by atoms with Gasteiger partial charge in [0, 0.05) is 32.5 Å². The van der Waals surface area contributed by atoms with Gasteiger partial charge in [-0.2, -0.15) is 5.10 Å². The number of methoxy groups -OCH3 is 2. The Bertz CT molecular complexity index is 640. The molecule has 2 aromatic rings. The predicted molar refractivity (Wildman–Crippen MR) is 94.8 cm³/mol. The van der Waals surface area contributed by atoms with Gasteiger partial charge in [0.25, 0.3) is 0 Å². The molecule has 0 saturated heterocycles. The number of nitrogens with zero attached hydrogens (tertiary/aromatic N) is 3. The van der Waals surface area contributed by atoms with E-state index in [4.69, 9.17) is 9.47 Å². The van der Waals surface area contributed by atoms with Crippen LogP contribution >= 0.6 is 0 Å². The highest BCUT2D eigenvalue weighted by atomic mass is 16.5. The van der Waals surface area contributed by atoms with Crippen LogP contribution in [-0.4, -0.2) is 50.1 Å². The summed E-state index contributed by atoms with van der Waals surface area (Å²) < 4.78 is 12.5. The first-order chi connectivity index (χ1) is 11.8. The number of hydrogen-bond donors (Lipinski definition) is 2. The second-order valence-electron chi connectivity index (χ2n) is 5.13. The Morgan fingerprint density at radius 2 is 1.96 bits per heavy atom. The molecule has 0 aliphatic carbocycles. The Kier molecular flexibility index (Phi) is 6.94. The Morgan fingerprint density at radius 1 is 1.17 bits per heavy atom. The molecule has 7 heteroatoms. The average molecular weight is 331 g/mol. The zero-order valence-corrected chi connectivity index (χ0v) is 14.5. The molecule has 0 fully saturated rings. The molecule has 0 radical (unpaired) electrons. The SMILES string of the molecule is CN=C(NCCc1ccc(OC)c(OC)c1)NCCn1cccn1. The van der Waals surface area contributed by atoms with Crippen LogP contribution in [-0.2, 0) is 13.0 Å². The van der Waals surface area contributed by atoms with Gasteiger partial charge in [-0.05, 0) is 30.2 Å². The van der Waals surface area contributed by atoms with Crippen molar-refractivity contribution >= 4 is 5.96 Å². The average Bonchev–Trinajstić information content (AvgIpc) is 3.13. The van der Waals surface area contributed by atoms with E-state index in [1.165, 1.54) is 5.56 Å². The second kappa shape index (κ2) is 9.44. The van der Waals surface area contributed by atoms with Crippen LogP contribution < -0.4 is 20.1 Å². The van der Waals surface area contributed by atoms with Gasteiger partial charge in [-0.15, -0.1) is 0 Å². The summed E-state index contributed by atoms with van der Waals surface area (Å²) >= 11 is 0. The molecular formula is C17H25N5O2. The molecule has 0 atom stereocenters. The molecule has 7 nitrogen and oxygen atoms in total. The van der Waals surface area contributed by atoms with Crippen molar-refractivity contribution in [3.63, 3.8) is 0 Å². The predicted octanol–water partition coefficient (Wildman–Crippen LogP) is 1.31. The monoisotopic (exact) mass is 331 g/mol. The highest BCUT2D eigenvalue weighted by Gasteiger charge is 2.05. The van der Waals surface area contributed by atoms with Crippen LogP contribution in [0, 0.1) is 0 Å². The number of aliphatic imine (C=N–C) groups is 1. The lowest BCUT2D eigenvalue weighted by Gasteiger charge is -2.13. The lowest BCUT2D eigenvalue weighted by Crippen LogP contribution is -2.39. The van der Waals surface area contributed by atoms with Crippen LogP contribution in [0.1, 0.15) is 5.56 Å². The zero-order valence-electron chi connectivity index (χ0n) is 14.5. The van der Waals surface area contributed by atoms with Crippen molar-refractivity contribution in [3.8, 4) is 11.5 Å². The Labute approximate surface area is 142 Å². The normalized spacial score (nSPS) is 11.2. The standard InChI is InChI=1S/C17H25N5O2/c1-18-17(20-10-12-22-11-4-8-21-22)19-9-7-14-5-6-15(23-2)16(13-14)24-3/h4-6,8,11,13H,7,9-10,12H2,1-3H3,(H2,18,19,20). The highest BCUT2D eigenvalue weighted by Crippen LogP contribution is 2.27. The van der Waals surface area contributed by atoms with Crippen molar-refractivity contribution in [3.05, 3.63) is 42.2 Å². The quantitative estimate of drug-likeness (QED) is 0.564. The maximum absolute atomic E-state index is 5.32. The molecule has 0 aliphatic rings. The fourth-order valence-corrected chi connectivity index (χ4v) is 2.30. The fraction of sp³-hybridized carbons (Fsp3) is 0.412. The summed E-state index contributed by atoms with van der Waals surface area (Å²) in [6, 6.07) is 7.87. The van der Waals surface area contributed by atoms with Crippen molar-refractivity contribution in [1.82, 2.24) is 20.4 Å². The number of rotatable bonds is 8.